The Kier molecular flexibility index (Phi) is 4.04. The zero-order valence-corrected chi connectivity index (χ0v) is 7.84. The Bertz CT molecular complexity index is 221. The van der Waals surface area contributed by atoms with Crippen molar-refractivity contribution in [3.63, 3.8) is 0 Å². The van der Waals surface area contributed by atoms with Crippen molar-refractivity contribution in [1.82, 2.24) is 10.2 Å². The van der Waals surface area contributed by atoms with Gasteiger partial charge in [0.25, 0.3) is 0 Å². The van der Waals surface area contributed by atoms with E-state index in [2.05, 4.69) is 5.32 Å². The van der Waals surface area contributed by atoms with Crippen LogP contribution in [0.3, 0.4) is 0 Å². The smallest absolute Gasteiger partial charge is 0.245 e. The number of hydrogen-bond acceptors (Lipinski definition) is 2. The third-order valence-electron chi connectivity index (χ3n) is 1.59. The second-order valence-corrected chi connectivity index (χ2v) is 2.48. The van der Waals surface area contributed by atoms with Crippen LogP contribution in [0.1, 0.15) is 13.8 Å². The Morgan fingerprint density at radius 1 is 1.33 bits per heavy atom. The molecule has 0 bridgehead atoms. The number of allylic oxidation sites excluding steroid dienone is 1. The van der Waals surface area contributed by atoms with Crippen LogP contribution in [-0.4, -0.2) is 30.8 Å². The first-order valence-electron chi connectivity index (χ1n) is 3.63. The van der Waals surface area contributed by atoms with Crippen LogP contribution in [0.4, 0.5) is 0 Å². The Labute approximate surface area is 72.2 Å². The summed E-state index contributed by atoms with van der Waals surface area (Å²) in [4.78, 5) is 23.0. The molecule has 0 aromatic heterocycles. The lowest BCUT2D eigenvalue weighted by atomic mass is 10.3. The number of amides is 2. The van der Waals surface area contributed by atoms with E-state index in [0.717, 1.165) is 0 Å². The Balaban J connectivity index is 4.36. The number of carbonyl (C=O) groups excluding carboxylic acids is 2. The summed E-state index contributed by atoms with van der Waals surface area (Å²) in [7, 11) is 3.16. The molecule has 0 radical (unpaired) electrons. The molecule has 68 valence electrons. The summed E-state index contributed by atoms with van der Waals surface area (Å²) in [6.07, 6.45) is 1.38. The Morgan fingerprint density at radius 2 is 1.83 bits per heavy atom. The van der Waals surface area contributed by atoms with Gasteiger partial charge in [-0.25, -0.2) is 0 Å². The fourth-order valence-electron chi connectivity index (χ4n) is 0.607. The molecule has 0 spiro atoms. The fraction of sp³-hybridized carbons (Fsp3) is 0.500. The van der Waals surface area contributed by atoms with Gasteiger partial charge in [0.05, 0.1) is 0 Å². The van der Waals surface area contributed by atoms with Gasteiger partial charge in [0.15, 0.2) is 0 Å². The molecule has 0 aromatic rings. The molecule has 12 heavy (non-hydrogen) atoms. The summed E-state index contributed by atoms with van der Waals surface area (Å²) in [5.74, 6) is -0.298. The van der Waals surface area contributed by atoms with E-state index >= 15 is 0 Å². The lowest BCUT2D eigenvalue weighted by molar-refractivity contribution is -0.125. The van der Waals surface area contributed by atoms with E-state index < -0.39 is 0 Å². The summed E-state index contributed by atoms with van der Waals surface area (Å²) in [6.45, 7) is 3.15. The molecule has 4 nitrogen and oxygen atoms in total. The van der Waals surface area contributed by atoms with Crippen LogP contribution in [0.2, 0.25) is 0 Å². The molecule has 4 heteroatoms. The first-order valence-corrected chi connectivity index (χ1v) is 3.63. The molecule has 0 fully saturated rings. The molecule has 0 rings (SSSR count). The topological polar surface area (TPSA) is 49.4 Å². The van der Waals surface area contributed by atoms with Gasteiger partial charge in [-0.3, -0.25) is 9.59 Å². The van der Waals surface area contributed by atoms with E-state index in [9.17, 15) is 9.59 Å². The molecule has 0 saturated heterocycles. The average molecular weight is 170 g/mol. The van der Waals surface area contributed by atoms with Crippen LogP contribution in [0.5, 0.6) is 0 Å². The molecule has 0 unspecified atom stereocenters. The largest absolute Gasteiger partial charge is 0.356 e. The fourth-order valence-corrected chi connectivity index (χ4v) is 0.607. The van der Waals surface area contributed by atoms with Crippen molar-refractivity contribution in [3.05, 3.63) is 11.8 Å². The van der Waals surface area contributed by atoms with Crippen molar-refractivity contribution in [2.45, 2.75) is 13.8 Å². The molecule has 0 saturated carbocycles. The second-order valence-electron chi connectivity index (χ2n) is 2.48. The van der Waals surface area contributed by atoms with E-state index in [-0.39, 0.29) is 11.8 Å². The van der Waals surface area contributed by atoms with E-state index in [1.165, 1.54) is 17.9 Å². The first kappa shape index (κ1) is 10.7. The predicted octanol–water partition coefficient (Wildman–Crippen LogP) is 0.114. The normalized spacial score (nSPS) is 10.8. The molecule has 1 N–H and O–H groups in total. The van der Waals surface area contributed by atoms with Gasteiger partial charge in [-0.1, -0.05) is 0 Å². The molecule has 0 aliphatic rings. The van der Waals surface area contributed by atoms with Gasteiger partial charge in [0.1, 0.15) is 0 Å². The van der Waals surface area contributed by atoms with Crippen LogP contribution in [0, 0.1) is 0 Å². The van der Waals surface area contributed by atoms with Gasteiger partial charge in [0.2, 0.25) is 11.8 Å². The van der Waals surface area contributed by atoms with Gasteiger partial charge >= 0.3 is 0 Å². The van der Waals surface area contributed by atoms with Gasteiger partial charge in [-0.05, 0) is 6.92 Å². The number of hydrogen-bond donors (Lipinski definition) is 1. The average Bonchev–Trinajstić information content (AvgIpc) is 2.02. The number of likely N-dealkylation sites (N-methyl/N-ethyl adjacent to an activating group) is 1. The molecule has 0 aromatic carbocycles. The maximum atomic E-state index is 10.8. The molecule has 0 heterocycles. The molecular weight excluding hydrogens is 156 g/mol. The van der Waals surface area contributed by atoms with Crippen LogP contribution in [-0.2, 0) is 9.59 Å². The minimum absolute atomic E-state index is 0.0901. The van der Waals surface area contributed by atoms with Gasteiger partial charge < -0.3 is 10.2 Å². The third kappa shape index (κ3) is 3.18. The minimum atomic E-state index is -0.208. The summed E-state index contributed by atoms with van der Waals surface area (Å²) >= 11 is 0. The first-order chi connectivity index (χ1) is 5.49. The molecular formula is C8H14N2O2. The van der Waals surface area contributed by atoms with Gasteiger partial charge in [-0.15, -0.1) is 0 Å². The third-order valence-corrected chi connectivity index (χ3v) is 1.59. The number of rotatable bonds is 2. The summed E-state index contributed by atoms with van der Waals surface area (Å²) in [5, 5.41) is 2.44. The highest BCUT2D eigenvalue weighted by Gasteiger charge is 2.04. The van der Waals surface area contributed by atoms with Gasteiger partial charge in [-0.2, -0.15) is 0 Å². The van der Waals surface area contributed by atoms with E-state index in [1.807, 2.05) is 0 Å². The maximum absolute atomic E-state index is 10.8. The Hall–Kier alpha value is -1.32. The SMILES string of the molecule is CNC(=O)/C=C(/C)N(C)C(C)=O. The summed E-state index contributed by atoms with van der Waals surface area (Å²) < 4.78 is 0. The predicted molar refractivity (Wildman–Crippen MR) is 46.3 cm³/mol. The minimum Gasteiger partial charge on any atom is -0.356 e. The van der Waals surface area contributed by atoms with E-state index in [4.69, 9.17) is 0 Å². The van der Waals surface area contributed by atoms with Crippen LogP contribution >= 0.6 is 0 Å². The summed E-state index contributed by atoms with van der Waals surface area (Å²) in [5.41, 5.74) is 0.627. The van der Waals surface area contributed by atoms with Crippen LogP contribution in [0.15, 0.2) is 11.8 Å². The van der Waals surface area contributed by atoms with E-state index in [1.54, 1.807) is 21.0 Å². The van der Waals surface area contributed by atoms with Crippen molar-refractivity contribution >= 4 is 11.8 Å². The molecule has 0 atom stereocenters. The molecule has 2 amide bonds. The monoisotopic (exact) mass is 170 g/mol. The highest BCUT2D eigenvalue weighted by atomic mass is 16.2. The van der Waals surface area contributed by atoms with Crippen molar-refractivity contribution < 1.29 is 9.59 Å². The van der Waals surface area contributed by atoms with Crippen LogP contribution < -0.4 is 5.32 Å². The zero-order chi connectivity index (χ0) is 9.72. The Morgan fingerprint density at radius 3 is 2.17 bits per heavy atom. The quantitative estimate of drug-likeness (QED) is 0.598. The summed E-state index contributed by atoms with van der Waals surface area (Å²) in [6, 6.07) is 0. The zero-order valence-electron chi connectivity index (χ0n) is 7.84. The number of nitrogens with one attached hydrogen (secondary N) is 1. The maximum Gasteiger partial charge on any atom is 0.245 e. The van der Waals surface area contributed by atoms with E-state index in [0.29, 0.717) is 5.70 Å². The van der Waals surface area contributed by atoms with Crippen molar-refractivity contribution in [1.29, 1.82) is 0 Å². The highest BCUT2D eigenvalue weighted by Crippen LogP contribution is 1.98. The lowest BCUT2D eigenvalue weighted by Crippen LogP contribution is -2.24. The van der Waals surface area contributed by atoms with Crippen molar-refractivity contribution in [2.75, 3.05) is 14.1 Å². The van der Waals surface area contributed by atoms with Crippen LogP contribution in [0.25, 0.3) is 0 Å². The number of carbonyl (C=O) groups is 2. The highest BCUT2D eigenvalue weighted by molar-refractivity contribution is 5.88. The lowest BCUT2D eigenvalue weighted by Gasteiger charge is -2.14. The second kappa shape index (κ2) is 4.54. The number of nitrogens with zero attached hydrogens (tertiary/aromatic N) is 1. The molecule has 0 aliphatic heterocycles. The van der Waals surface area contributed by atoms with Crippen molar-refractivity contribution in [2.24, 2.45) is 0 Å². The van der Waals surface area contributed by atoms with Crippen molar-refractivity contribution in [3.8, 4) is 0 Å². The van der Waals surface area contributed by atoms with Gasteiger partial charge in [0, 0.05) is 32.8 Å². The molecule has 0 aliphatic carbocycles. The standard InChI is InChI=1S/C8H14N2O2/c1-6(5-8(12)9-3)10(4)7(2)11/h5H,1-4H3,(H,9,12)/b6-5-.